The number of pyridine rings is 2. The van der Waals surface area contributed by atoms with E-state index in [1.165, 1.54) is 87.8 Å². The number of halogens is 8. The van der Waals surface area contributed by atoms with Crippen LogP contribution in [0.3, 0.4) is 0 Å². The average Bonchev–Trinajstić information content (AvgIpc) is 1.62. The number of carbonyl (C=O) groups is 5. The number of aryl methyl sites for hydroxylation is 3. The van der Waals surface area contributed by atoms with Crippen LogP contribution >= 0.6 is 45.3 Å². The Balaban J connectivity index is 0.000000145. The molecule has 12 atom stereocenters. The summed E-state index contributed by atoms with van der Waals surface area (Å²) in [5, 5.41) is 31.5. The number of piperidine rings is 2. The number of nitrogens with zero attached hydrogens (tertiary/aromatic N) is 10. The van der Waals surface area contributed by atoms with E-state index in [4.69, 9.17) is 34.4 Å². The van der Waals surface area contributed by atoms with Crippen molar-refractivity contribution < 1.29 is 93.0 Å². The number of alkyl carbamates (subject to hydrolysis) is 3. The third-order valence-electron chi connectivity index (χ3n) is 25.2. The molecule has 2 aliphatic heterocycles. The number of hydrogen-bond donors (Lipinski definition) is 8. The summed E-state index contributed by atoms with van der Waals surface area (Å²) < 4.78 is 147. The van der Waals surface area contributed by atoms with E-state index in [9.17, 15) is 74.5 Å². The largest absolute Gasteiger partial charge is 0.444 e. The number of likely N-dealkylation sites (tertiary alicyclic amines) is 2. The fourth-order valence-corrected chi connectivity index (χ4v) is 23.3. The first-order chi connectivity index (χ1) is 66.4. The molecule has 12 aromatic rings. The summed E-state index contributed by atoms with van der Waals surface area (Å²) in [6, 6.07) is 20.4. The van der Waals surface area contributed by atoms with Gasteiger partial charge in [0.1, 0.15) is 29.0 Å². The minimum absolute atomic E-state index is 0.0647. The van der Waals surface area contributed by atoms with E-state index in [-0.39, 0.29) is 58.6 Å². The van der Waals surface area contributed by atoms with Crippen LogP contribution in [0.15, 0.2) is 125 Å². The molecule has 9 N–H and O–H groups in total. The number of ether oxygens (including phenoxy) is 5. The third kappa shape index (κ3) is 23.2. The second-order valence-electron chi connectivity index (χ2n) is 38.3. The summed E-state index contributed by atoms with van der Waals surface area (Å²) in [5.41, 5.74) is 10.7. The lowest BCUT2D eigenvalue weighted by atomic mass is 9.87. The topological polar surface area (TPSA) is 393 Å². The average molecular weight is 2020 g/mol. The molecule has 0 bridgehead atoms. The van der Waals surface area contributed by atoms with Crippen LogP contribution in [-0.2, 0) is 23.7 Å². The van der Waals surface area contributed by atoms with Crippen molar-refractivity contribution in [2.24, 2.45) is 5.73 Å². The number of imidazole rings is 2. The van der Waals surface area contributed by atoms with E-state index < -0.39 is 166 Å². The predicted octanol–water partition coefficient (Wildman–Crippen LogP) is 20.8. The van der Waals surface area contributed by atoms with Crippen molar-refractivity contribution in [3.63, 3.8) is 0 Å². The second-order valence-corrected chi connectivity index (χ2v) is 42.9. The van der Waals surface area contributed by atoms with Gasteiger partial charge in [-0.2, -0.15) is 0 Å². The maximum atomic E-state index is 15.2. The van der Waals surface area contributed by atoms with Crippen LogP contribution in [0.25, 0.3) is 22.3 Å². The zero-order valence-electron chi connectivity index (χ0n) is 78.9. The summed E-state index contributed by atoms with van der Waals surface area (Å²) in [6.07, 6.45) is 2.09. The lowest BCUT2D eigenvalue weighted by molar-refractivity contribution is 0.0465. The Hall–Kier alpha value is -12.1. The molecule has 746 valence electrons. The molecule has 4 aliphatic carbocycles. The summed E-state index contributed by atoms with van der Waals surface area (Å²) in [7, 11) is 0. The number of fused-ring (bicyclic) bond motifs is 6. The first-order valence-electron chi connectivity index (χ1n) is 46.2. The third-order valence-corrected chi connectivity index (χ3v) is 29.3. The van der Waals surface area contributed by atoms with E-state index in [1.54, 1.807) is 131 Å². The van der Waals surface area contributed by atoms with E-state index in [1.807, 2.05) is 19.1 Å². The summed E-state index contributed by atoms with van der Waals surface area (Å²) in [5.74, 6) is -9.88. The van der Waals surface area contributed by atoms with Crippen molar-refractivity contribution in [1.29, 1.82) is 0 Å². The number of carbonyl (C=O) groups excluding carboxylic acids is 5. The molecule has 2 fully saturated rings. The molecule has 5 amide bonds. The van der Waals surface area contributed by atoms with Gasteiger partial charge < -0.3 is 65.4 Å². The number of amides is 5. The number of nitrogens with two attached hydrogens (primary N) is 1. The second kappa shape index (κ2) is 42.8. The number of aliphatic hydroxyl groups excluding tert-OH is 2. The SMILES string of the molecule is CC(C)(C)OC(=O)N[C@@H]1c2scnc2[C@H](O)CC[C@H]1c1cccc(F)c1F.Cc1nc2c(s1)[C@@H](N)[C@H](c1cccc(F)c1F)CC[C@H]2OC(=O)N1CCC(n2c(=O)[nH]c3ncccc32)CC1.Cc1nc2c(s1)[C@@H](NC(=O)OC(C)(C)C)[C@H](c1cccc(F)c1F)CC[C@H]2O.Cc1nc2c(s1)[C@@H](NC(=O)OC(C)(C)C)[C@H](c1cccc(F)c1F)CC[C@H]2OC(=O)N1CCC(n2c(=O)[nH]c3ncccc32)CC1. The number of hydrogen-bond acceptors (Lipinski definition) is 25. The first kappa shape index (κ1) is 102. The van der Waals surface area contributed by atoms with Gasteiger partial charge in [0.05, 0.1) is 99.3 Å². The number of aromatic amines is 2. The molecule has 2 saturated heterocycles. The Morgan fingerprint density at radius 1 is 0.414 bits per heavy atom. The minimum atomic E-state index is -0.991. The Kier molecular flexibility index (Phi) is 31.2. The van der Waals surface area contributed by atoms with Crippen molar-refractivity contribution in [3.8, 4) is 0 Å². The molecule has 0 spiro atoms. The number of benzene rings is 4. The molecular weight excluding hydrogens is 1910 g/mol. The van der Waals surface area contributed by atoms with Crippen LogP contribution in [0.2, 0.25) is 0 Å². The fourth-order valence-electron chi connectivity index (χ4n) is 19.1. The van der Waals surface area contributed by atoms with Crippen LogP contribution in [0, 0.1) is 67.3 Å². The highest BCUT2D eigenvalue weighted by atomic mass is 32.1. The van der Waals surface area contributed by atoms with Gasteiger partial charge in [-0.25, -0.2) is 98.6 Å². The number of aromatic nitrogens is 10. The predicted molar refractivity (Wildman–Crippen MR) is 508 cm³/mol. The van der Waals surface area contributed by atoms with E-state index in [0.29, 0.717) is 144 Å². The van der Waals surface area contributed by atoms with Gasteiger partial charge in [0.15, 0.2) is 57.8 Å². The van der Waals surface area contributed by atoms with E-state index in [2.05, 4.69) is 50.8 Å². The molecule has 18 rings (SSSR count). The first-order valence-corrected chi connectivity index (χ1v) is 49.5. The van der Waals surface area contributed by atoms with Crippen LogP contribution in [0.1, 0.15) is 303 Å². The van der Waals surface area contributed by atoms with Crippen molar-refractivity contribution in [3.05, 3.63) is 262 Å². The van der Waals surface area contributed by atoms with Gasteiger partial charge in [0, 0.05) is 85.2 Å². The van der Waals surface area contributed by atoms with Gasteiger partial charge in [0.2, 0.25) is 0 Å². The molecule has 0 saturated carbocycles. The van der Waals surface area contributed by atoms with Crippen LogP contribution in [-0.4, -0.2) is 142 Å². The van der Waals surface area contributed by atoms with Crippen molar-refractivity contribution >= 4 is 98.1 Å². The highest BCUT2D eigenvalue weighted by Gasteiger charge is 2.46. The minimum Gasteiger partial charge on any atom is -0.444 e. The van der Waals surface area contributed by atoms with Crippen LogP contribution < -0.4 is 33.1 Å². The molecule has 0 radical (unpaired) electrons. The van der Waals surface area contributed by atoms with Gasteiger partial charge in [0.25, 0.3) is 0 Å². The Morgan fingerprint density at radius 3 is 1.13 bits per heavy atom. The molecule has 4 aromatic carbocycles. The van der Waals surface area contributed by atoms with Crippen LogP contribution in [0.5, 0.6) is 0 Å². The summed E-state index contributed by atoms with van der Waals surface area (Å²) >= 11 is 5.28. The number of H-pyrrole nitrogens is 2. The standard InChI is InChI=1S/C32H36F2N6O5S.C27H28F2N6O3S.C20H24F2N2O3S.C19H22F2N2O3S/c1-17-36-26-23(44-31(43)39-15-12-18(13-16-39)40-22-9-6-14-35-28(22)38-29(40)41)11-10-20(19-7-5-8-21(33)24(19)34)25(27(26)46-17)37-30(42)45-32(2,3)4;1-14-32-23-20(8-7-17(22(30)24(23)39-14)16-4-2-5-18(28)21(16)29)38-27(37)34-12-9-15(10-13-34)35-19-6-3-11-31-25(19)33-26(35)36;1-10-23-17-14(25)9-8-12(11-6-5-7-13(21)15(11)22)16(18(17)28-10)24-19(26)27-20(2,3)4;1-19(2,3)26-18(25)23-15-11(10-5-4-6-12(20)14(10)21)7-8-13(24)16-17(15)27-9-22-16/h5-9,14,18,20,23,25H,10-13,15-16H2,1-4H3,(H,37,42)(H,35,38,41);2-6,11,15,17,20,22H,7-10,12-13,30H2,1H3,(H,31,33,36);5-7,12,14,16,25H,8-9H2,1-4H3,(H,24,26);4-6,9,11,13,15,24H,7-8H2,1-3H3,(H,23,25)/t20-,23+,25-;17-,20+,22-;12-,14+,16-;11-,13+,15-/m0000/s1. The molecule has 0 unspecified atom stereocenters. The van der Waals surface area contributed by atoms with E-state index >= 15 is 4.39 Å². The number of rotatable bonds is 11. The fraction of sp³-hybridized carbons (Fsp3) is 0.459. The molecular formula is C98H110F8N16O14S4. The van der Waals surface area contributed by atoms with E-state index in [0.717, 1.165) is 50.2 Å². The van der Waals surface area contributed by atoms with Gasteiger partial charge in [-0.3, -0.25) is 19.1 Å². The monoisotopic (exact) mass is 2010 g/mol. The number of thiazole rings is 4. The molecule has 42 heteroatoms. The Labute approximate surface area is 816 Å². The van der Waals surface area contributed by atoms with Crippen LogP contribution in [0.4, 0.5) is 59.1 Å². The van der Waals surface area contributed by atoms with Crippen molar-refractivity contribution in [2.75, 3.05) is 26.2 Å². The van der Waals surface area contributed by atoms with Gasteiger partial charge in [-0.15, -0.1) is 45.3 Å². The Morgan fingerprint density at radius 2 is 0.743 bits per heavy atom. The quantitative estimate of drug-likeness (QED) is 0.0339. The molecule has 8 aromatic heterocycles. The Bertz CT molecular complexity index is 6650. The highest BCUT2D eigenvalue weighted by molar-refractivity contribution is 7.12. The van der Waals surface area contributed by atoms with Crippen molar-refractivity contribution in [1.82, 2.24) is 74.8 Å². The summed E-state index contributed by atoms with van der Waals surface area (Å²) in [6.45, 7) is 22.7. The molecule has 140 heavy (non-hydrogen) atoms. The smallest absolute Gasteiger partial charge is 0.410 e. The zero-order valence-corrected chi connectivity index (χ0v) is 82.1. The summed E-state index contributed by atoms with van der Waals surface area (Å²) in [4.78, 5) is 128. The van der Waals surface area contributed by atoms with Gasteiger partial charge >= 0.3 is 41.8 Å². The van der Waals surface area contributed by atoms with Gasteiger partial charge in [-0.1, -0.05) is 48.5 Å². The van der Waals surface area contributed by atoms with Gasteiger partial charge in [-0.05, 0) is 231 Å². The normalized spacial score (nSPS) is 21.8. The zero-order chi connectivity index (χ0) is 100. The lowest BCUT2D eigenvalue weighted by Crippen LogP contribution is -2.41. The number of aliphatic hydroxyl groups is 2. The highest BCUT2D eigenvalue weighted by Crippen LogP contribution is 2.52. The molecule has 30 nitrogen and oxygen atoms in total. The maximum absolute atomic E-state index is 15.2. The van der Waals surface area contributed by atoms with Crippen molar-refractivity contribution in [2.45, 2.75) is 261 Å². The maximum Gasteiger partial charge on any atom is 0.410 e. The lowest BCUT2D eigenvalue weighted by Gasteiger charge is -2.32. The molecule has 6 aliphatic rings. The molecule has 10 heterocycles. The number of nitrogens with one attached hydrogen (secondary N) is 5.